The quantitative estimate of drug-likeness (QED) is 0.262. The molecule has 198 valence electrons. The molecule has 0 radical (unpaired) electrons. The first-order valence-corrected chi connectivity index (χ1v) is 12.7. The van der Waals surface area contributed by atoms with E-state index in [1.807, 2.05) is 49.4 Å². The number of carbonyl (C=O) groups excluding carboxylic acids is 3. The Morgan fingerprint density at radius 1 is 0.947 bits per heavy atom. The second kappa shape index (κ2) is 12.9. The van der Waals surface area contributed by atoms with Gasteiger partial charge in [0.2, 0.25) is 0 Å². The molecule has 0 aromatic heterocycles. The molecule has 0 N–H and O–H groups in total. The molecule has 3 aromatic rings. The van der Waals surface area contributed by atoms with Crippen molar-refractivity contribution in [3.63, 3.8) is 0 Å². The molecule has 8 nitrogen and oxygen atoms in total. The normalized spacial score (nSPS) is 13.3. The zero-order valence-electron chi connectivity index (χ0n) is 21.6. The molecule has 1 aliphatic heterocycles. The molecule has 1 unspecified atom stereocenters. The van der Waals surface area contributed by atoms with Gasteiger partial charge in [-0.2, -0.15) is 0 Å². The minimum Gasteiger partial charge on any atom is -0.492 e. The van der Waals surface area contributed by atoms with Crippen molar-refractivity contribution < 1.29 is 33.3 Å². The average molecular weight is 518 g/mol. The van der Waals surface area contributed by atoms with Gasteiger partial charge in [-0.1, -0.05) is 42.5 Å². The third kappa shape index (κ3) is 6.58. The molecule has 0 saturated carbocycles. The minimum atomic E-state index is -0.655. The first-order valence-electron chi connectivity index (χ1n) is 12.7. The summed E-state index contributed by atoms with van der Waals surface area (Å²) in [5.41, 5.74) is 2.51. The number of esters is 1. The molecular weight excluding hydrogens is 486 g/mol. The van der Waals surface area contributed by atoms with Gasteiger partial charge in [-0.05, 0) is 49.7 Å². The summed E-state index contributed by atoms with van der Waals surface area (Å²) >= 11 is 0. The first kappa shape index (κ1) is 26.9. The Morgan fingerprint density at radius 2 is 1.71 bits per heavy atom. The van der Waals surface area contributed by atoms with Crippen LogP contribution in [0.3, 0.4) is 0 Å². The summed E-state index contributed by atoms with van der Waals surface area (Å²) < 4.78 is 22.1. The molecule has 0 spiro atoms. The van der Waals surface area contributed by atoms with Gasteiger partial charge >= 0.3 is 5.97 Å². The van der Waals surface area contributed by atoms with Gasteiger partial charge in [0.25, 0.3) is 5.91 Å². The Hall–Kier alpha value is -4.17. The number of fused-ring (bicyclic) bond motifs is 1. The standard InChI is InChI=1S/C30H31NO7/c1-3-35-27(30(34)36-4-2)18-21-10-13-24(14-11-21)37-17-16-31-25-19-23(12-15-26(25)38-20-28(31)32)29(33)22-8-6-5-7-9-22/h5-15,19,27H,3-4,16-18,20H2,1-2H3. The van der Waals surface area contributed by atoms with E-state index in [4.69, 9.17) is 18.9 Å². The zero-order chi connectivity index (χ0) is 26.9. The van der Waals surface area contributed by atoms with Gasteiger partial charge in [0.1, 0.15) is 18.1 Å². The zero-order valence-corrected chi connectivity index (χ0v) is 21.6. The lowest BCUT2D eigenvalue weighted by molar-refractivity contribution is -0.156. The number of nitrogens with zero attached hydrogens (tertiary/aromatic N) is 1. The third-order valence-electron chi connectivity index (χ3n) is 6.05. The predicted molar refractivity (Wildman–Crippen MR) is 142 cm³/mol. The highest BCUT2D eigenvalue weighted by atomic mass is 16.6. The molecule has 0 saturated heterocycles. The number of anilines is 1. The molecular formula is C30H31NO7. The van der Waals surface area contributed by atoms with Gasteiger partial charge in [-0.3, -0.25) is 9.59 Å². The van der Waals surface area contributed by atoms with Gasteiger partial charge in [0.05, 0.1) is 18.8 Å². The maximum atomic E-state index is 12.9. The fourth-order valence-corrected chi connectivity index (χ4v) is 4.18. The second-order valence-electron chi connectivity index (χ2n) is 8.60. The van der Waals surface area contributed by atoms with E-state index in [1.165, 1.54) is 0 Å². The van der Waals surface area contributed by atoms with Crippen molar-refractivity contribution in [2.24, 2.45) is 0 Å². The van der Waals surface area contributed by atoms with Crippen LogP contribution in [-0.2, 0) is 25.5 Å². The van der Waals surface area contributed by atoms with Gasteiger partial charge < -0.3 is 23.8 Å². The SMILES string of the molecule is CCOC(=O)C(Cc1ccc(OCCN2C(=O)COc3ccc(C(=O)c4ccccc4)cc32)cc1)OCC. The molecule has 0 aliphatic carbocycles. The van der Waals surface area contributed by atoms with Crippen molar-refractivity contribution in [3.05, 3.63) is 89.5 Å². The summed E-state index contributed by atoms with van der Waals surface area (Å²) in [6.07, 6.45) is -0.256. The van der Waals surface area contributed by atoms with Crippen LogP contribution in [0.4, 0.5) is 5.69 Å². The van der Waals surface area contributed by atoms with E-state index < -0.39 is 6.10 Å². The minimum absolute atomic E-state index is 0.0743. The molecule has 8 heteroatoms. The van der Waals surface area contributed by atoms with Crippen molar-refractivity contribution in [2.45, 2.75) is 26.4 Å². The second-order valence-corrected chi connectivity index (χ2v) is 8.60. The number of rotatable bonds is 12. The number of ketones is 1. The number of benzene rings is 3. The van der Waals surface area contributed by atoms with Crippen molar-refractivity contribution in [2.75, 3.05) is 37.9 Å². The van der Waals surface area contributed by atoms with Crippen molar-refractivity contribution >= 4 is 23.3 Å². The molecule has 0 bridgehead atoms. The molecule has 3 aromatic carbocycles. The Kier molecular flexibility index (Phi) is 9.11. The van der Waals surface area contributed by atoms with E-state index in [-0.39, 0.29) is 37.4 Å². The van der Waals surface area contributed by atoms with E-state index in [0.29, 0.717) is 47.9 Å². The molecule has 0 fully saturated rings. The van der Waals surface area contributed by atoms with E-state index in [0.717, 1.165) is 5.56 Å². The Labute approximate surface area is 222 Å². The number of hydrogen-bond donors (Lipinski definition) is 0. The summed E-state index contributed by atoms with van der Waals surface area (Å²) in [5, 5.41) is 0. The van der Waals surface area contributed by atoms with Gasteiger partial charge in [0.15, 0.2) is 18.5 Å². The summed E-state index contributed by atoms with van der Waals surface area (Å²) in [7, 11) is 0. The van der Waals surface area contributed by atoms with E-state index in [2.05, 4.69) is 0 Å². The summed E-state index contributed by atoms with van der Waals surface area (Å²) in [6, 6.07) is 21.5. The number of ether oxygens (including phenoxy) is 4. The predicted octanol–water partition coefficient (Wildman–Crippen LogP) is 4.23. The number of amides is 1. The van der Waals surface area contributed by atoms with Crippen LogP contribution in [0.15, 0.2) is 72.8 Å². The summed E-state index contributed by atoms with van der Waals surface area (Å²) in [4.78, 5) is 39.3. The molecule has 1 amide bonds. The topological polar surface area (TPSA) is 91.4 Å². The third-order valence-corrected chi connectivity index (χ3v) is 6.05. The van der Waals surface area contributed by atoms with Crippen LogP contribution in [0, 0.1) is 0 Å². The lowest BCUT2D eigenvalue weighted by Crippen LogP contribution is -2.41. The highest BCUT2D eigenvalue weighted by molar-refractivity contribution is 6.10. The Morgan fingerprint density at radius 3 is 2.42 bits per heavy atom. The number of hydrogen-bond acceptors (Lipinski definition) is 7. The van der Waals surface area contributed by atoms with Gasteiger partial charge in [0, 0.05) is 24.2 Å². The lowest BCUT2D eigenvalue weighted by atomic mass is 10.0. The van der Waals surface area contributed by atoms with Gasteiger partial charge in [-0.25, -0.2) is 4.79 Å². The van der Waals surface area contributed by atoms with Crippen LogP contribution in [0.25, 0.3) is 0 Å². The maximum absolute atomic E-state index is 12.9. The van der Waals surface area contributed by atoms with Crippen molar-refractivity contribution in [1.82, 2.24) is 0 Å². The maximum Gasteiger partial charge on any atom is 0.335 e. The summed E-state index contributed by atoms with van der Waals surface area (Å²) in [5.74, 6) is 0.466. The Balaban J connectivity index is 1.39. The van der Waals surface area contributed by atoms with Crippen LogP contribution in [0.2, 0.25) is 0 Å². The van der Waals surface area contributed by atoms with Crippen molar-refractivity contribution in [1.29, 1.82) is 0 Å². The first-order chi connectivity index (χ1) is 18.5. The number of carbonyl (C=O) groups is 3. The molecule has 1 aliphatic rings. The van der Waals surface area contributed by atoms with E-state index in [9.17, 15) is 14.4 Å². The fraction of sp³-hybridized carbons (Fsp3) is 0.300. The van der Waals surface area contributed by atoms with Crippen LogP contribution >= 0.6 is 0 Å². The molecule has 4 rings (SSSR count). The van der Waals surface area contributed by atoms with Crippen molar-refractivity contribution in [3.8, 4) is 11.5 Å². The van der Waals surface area contributed by atoms with Crippen LogP contribution in [-0.4, -0.2) is 56.7 Å². The fourth-order valence-electron chi connectivity index (χ4n) is 4.18. The highest BCUT2D eigenvalue weighted by Gasteiger charge is 2.27. The smallest absolute Gasteiger partial charge is 0.335 e. The lowest BCUT2D eigenvalue weighted by Gasteiger charge is -2.29. The highest BCUT2D eigenvalue weighted by Crippen LogP contribution is 2.33. The van der Waals surface area contributed by atoms with Gasteiger partial charge in [-0.15, -0.1) is 0 Å². The average Bonchev–Trinajstić information content (AvgIpc) is 2.94. The van der Waals surface area contributed by atoms with E-state index in [1.54, 1.807) is 42.2 Å². The van der Waals surface area contributed by atoms with Crippen LogP contribution in [0.1, 0.15) is 35.3 Å². The van der Waals surface area contributed by atoms with E-state index >= 15 is 0 Å². The monoisotopic (exact) mass is 517 g/mol. The van der Waals surface area contributed by atoms with Crippen LogP contribution in [0.5, 0.6) is 11.5 Å². The molecule has 1 heterocycles. The van der Waals surface area contributed by atoms with Crippen LogP contribution < -0.4 is 14.4 Å². The largest absolute Gasteiger partial charge is 0.492 e. The molecule has 1 atom stereocenters. The Bertz CT molecular complexity index is 1260. The summed E-state index contributed by atoms with van der Waals surface area (Å²) in [6.45, 7) is 4.77. The molecule has 38 heavy (non-hydrogen) atoms.